The van der Waals surface area contributed by atoms with E-state index in [-0.39, 0.29) is 0 Å². The Labute approximate surface area is 93.0 Å². The summed E-state index contributed by atoms with van der Waals surface area (Å²) >= 11 is 3.49. The van der Waals surface area contributed by atoms with Crippen molar-refractivity contribution >= 4 is 15.9 Å². The Morgan fingerprint density at radius 2 is 2.14 bits per heavy atom. The maximum Gasteiger partial charge on any atom is 0.0589 e. The molecule has 1 aromatic rings. The fourth-order valence-electron chi connectivity index (χ4n) is 1.81. The highest BCUT2D eigenvalue weighted by Gasteiger charge is 2.17. The lowest BCUT2D eigenvalue weighted by atomic mass is 10.1. The molecule has 0 saturated carbocycles. The zero-order valence-corrected chi connectivity index (χ0v) is 9.88. The van der Waals surface area contributed by atoms with Gasteiger partial charge in [0.05, 0.1) is 6.61 Å². The molecule has 0 saturated heterocycles. The first-order chi connectivity index (χ1) is 6.79. The smallest absolute Gasteiger partial charge is 0.0589 e. The predicted molar refractivity (Wildman–Crippen MR) is 60.1 cm³/mol. The van der Waals surface area contributed by atoms with E-state index in [1.165, 1.54) is 15.6 Å². The third-order valence-electron chi connectivity index (χ3n) is 2.57. The van der Waals surface area contributed by atoms with Crippen molar-refractivity contribution in [2.24, 2.45) is 0 Å². The lowest BCUT2D eigenvalue weighted by Gasteiger charge is -2.13. The van der Waals surface area contributed by atoms with Crippen LogP contribution in [0.25, 0.3) is 0 Å². The van der Waals surface area contributed by atoms with Gasteiger partial charge < -0.3 is 4.74 Å². The normalized spacial score (nSPS) is 15.9. The van der Waals surface area contributed by atoms with E-state index in [9.17, 15) is 0 Å². The standard InChI is InChI=1S/C11H14BrNO/c1-14-5-4-13-7-9-2-3-11(12)6-10(9)8-13/h2-3,6H,4-5,7-8H2,1H3. The zero-order chi connectivity index (χ0) is 9.97. The van der Waals surface area contributed by atoms with E-state index in [1.54, 1.807) is 7.11 Å². The Balaban J connectivity index is 2.03. The molecule has 14 heavy (non-hydrogen) atoms. The van der Waals surface area contributed by atoms with Gasteiger partial charge in [-0.25, -0.2) is 0 Å². The fraction of sp³-hybridized carbons (Fsp3) is 0.455. The van der Waals surface area contributed by atoms with Crippen molar-refractivity contribution in [2.75, 3.05) is 20.3 Å². The van der Waals surface area contributed by atoms with Gasteiger partial charge in [0.1, 0.15) is 0 Å². The van der Waals surface area contributed by atoms with Crippen LogP contribution in [0.4, 0.5) is 0 Å². The topological polar surface area (TPSA) is 12.5 Å². The summed E-state index contributed by atoms with van der Waals surface area (Å²) < 4.78 is 6.25. The van der Waals surface area contributed by atoms with Crippen LogP contribution in [0, 0.1) is 0 Å². The first-order valence-electron chi connectivity index (χ1n) is 4.78. The molecule has 0 N–H and O–H groups in total. The molecule has 0 unspecified atom stereocenters. The van der Waals surface area contributed by atoms with Gasteiger partial charge in [-0.1, -0.05) is 22.0 Å². The average Bonchev–Trinajstić information content (AvgIpc) is 2.56. The number of ether oxygens (including phenoxy) is 1. The number of benzene rings is 1. The molecule has 3 heteroatoms. The first kappa shape index (κ1) is 10.1. The maximum absolute atomic E-state index is 5.08. The molecule has 0 radical (unpaired) electrons. The SMILES string of the molecule is COCCN1Cc2ccc(Br)cc2C1. The van der Waals surface area contributed by atoms with E-state index < -0.39 is 0 Å². The molecule has 0 atom stereocenters. The molecule has 0 spiro atoms. The highest BCUT2D eigenvalue weighted by Crippen LogP contribution is 2.25. The molecule has 0 bridgehead atoms. The van der Waals surface area contributed by atoms with Gasteiger partial charge in [0.15, 0.2) is 0 Å². The van der Waals surface area contributed by atoms with Crippen LogP contribution >= 0.6 is 15.9 Å². The number of methoxy groups -OCH3 is 1. The van der Waals surface area contributed by atoms with Gasteiger partial charge >= 0.3 is 0 Å². The number of halogens is 1. The van der Waals surface area contributed by atoms with Crippen LogP contribution in [-0.2, 0) is 17.8 Å². The van der Waals surface area contributed by atoms with Crippen LogP contribution in [0.5, 0.6) is 0 Å². The summed E-state index contributed by atoms with van der Waals surface area (Å²) in [5.74, 6) is 0. The highest BCUT2D eigenvalue weighted by molar-refractivity contribution is 9.10. The summed E-state index contributed by atoms with van der Waals surface area (Å²) in [4.78, 5) is 2.40. The van der Waals surface area contributed by atoms with E-state index in [0.29, 0.717) is 0 Å². The van der Waals surface area contributed by atoms with Gasteiger partial charge in [-0.2, -0.15) is 0 Å². The minimum Gasteiger partial charge on any atom is -0.383 e. The second-order valence-electron chi connectivity index (χ2n) is 3.62. The van der Waals surface area contributed by atoms with Gasteiger partial charge in [-0.05, 0) is 23.3 Å². The van der Waals surface area contributed by atoms with Crippen molar-refractivity contribution in [1.82, 2.24) is 4.90 Å². The molecule has 0 amide bonds. The summed E-state index contributed by atoms with van der Waals surface area (Å²) in [5, 5.41) is 0. The quantitative estimate of drug-likeness (QED) is 0.823. The second kappa shape index (κ2) is 4.43. The number of hydrogen-bond donors (Lipinski definition) is 0. The molecule has 1 heterocycles. The highest BCUT2D eigenvalue weighted by atomic mass is 79.9. The summed E-state index contributed by atoms with van der Waals surface area (Å²) in [7, 11) is 1.75. The Morgan fingerprint density at radius 1 is 1.36 bits per heavy atom. The van der Waals surface area contributed by atoms with Gasteiger partial charge in [-0.15, -0.1) is 0 Å². The van der Waals surface area contributed by atoms with Crippen molar-refractivity contribution in [3.8, 4) is 0 Å². The van der Waals surface area contributed by atoms with Gasteiger partial charge in [-0.3, -0.25) is 4.90 Å². The summed E-state index contributed by atoms with van der Waals surface area (Å²) in [6, 6.07) is 6.52. The number of fused-ring (bicyclic) bond motifs is 1. The predicted octanol–water partition coefficient (Wildman–Crippen LogP) is 2.41. The molecule has 1 aliphatic rings. The summed E-state index contributed by atoms with van der Waals surface area (Å²) in [6.45, 7) is 3.95. The Bertz CT molecular complexity index is 327. The molecular weight excluding hydrogens is 242 g/mol. The fourth-order valence-corrected chi connectivity index (χ4v) is 2.22. The van der Waals surface area contributed by atoms with E-state index in [1.807, 2.05) is 0 Å². The molecule has 1 aliphatic heterocycles. The molecule has 1 aromatic carbocycles. The monoisotopic (exact) mass is 255 g/mol. The third-order valence-corrected chi connectivity index (χ3v) is 3.06. The molecule has 0 aromatic heterocycles. The zero-order valence-electron chi connectivity index (χ0n) is 8.29. The Hall–Kier alpha value is -0.380. The van der Waals surface area contributed by atoms with Crippen molar-refractivity contribution in [3.05, 3.63) is 33.8 Å². The molecule has 2 nitrogen and oxygen atoms in total. The second-order valence-corrected chi connectivity index (χ2v) is 4.53. The van der Waals surface area contributed by atoms with Crippen LogP contribution in [0.15, 0.2) is 22.7 Å². The Morgan fingerprint density at radius 3 is 2.93 bits per heavy atom. The van der Waals surface area contributed by atoms with Crippen molar-refractivity contribution in [1.29, 1.82) is 0 Å². The first-order valence-corrected chi connectivity index (χ1v) is 5.57. The van der Waals surface area contributed by atoms with E-state index in [2.05, 4.69) is 39.0 Å². The average molecular weight is 256 g/mol. The van der Waals surface area contributed by atoms with Gasteiger partial charge in [0, 0.05) is 31.2 Å². The Kier molecular flexibility index (Phi) is 3.21. The minimum absolute atomic E-state index is 0.815. The van der Waals surface area contributed by atoms with Crippen LogP contribution in [0.1, 0.15) is 11.1 Å². The van der Waals surface area contributed by atoms with Crippen molar-refractivity contribution in [3.63, 3.8) is 0 Å². The third kappa shape index (κ3) is 2.16. The molecule has 0 aliphatic carbocycles. The summed E-state index contributed by atoms with van der Waals surface area (Å²) in [6.07, 6.45) is 0. The van der Waals surface area contributed by atoms with E-state index in [0.717, 1.165) is 26.2 Å². The molecule has 0 fully saturated rings. The van der Waals surface area contributed by atoms with Crippen LogP contribution in [-0.4, -0.2) is 25.2 Å². The molecule has 2 rings (SSSR count). The maximum atomic E-state index is 5.08. The number of rotatable bonds is 3. The van der Waals surface area contributed by atoms with Gasteiger partial charge in [0.25, 0.3) is 0 Å². The lowest BCUT2D eigenvalue weighted by molar-refractivity contribution is 0.147. The van der Waals surface area contributed by atoms with Crippen LogP contribution in [0.2, 0.25) is 0 Å². The van der Waals surface area contributed by atoms with Crippen molar-refractivity contribution < 1.29 is 4.74 Å². The number of hydrogen-bond acceptors (Lipinski definition) is 2. The summed E-state index contributed by atoms with van der Waals surface area (Å²) in [5.41, 5.74) is 2.89. The van der Waals surface area contributed by atoms with E-state index in [4.69, 9.17) is 4.74 Å². The van der Waals surface area contributed by atoms with Crippen LogP contribution in [0.3, 0.4) is 0 Å². The van der Waals surface area contributed by atoms with Gasteiger partial charge in [0.2, 0.25) is 0 Å². The lowest BCUT2D eigenvalue weighted by Crippen LogP contribution is -2.21. The molecule has 76 valence electrons. The number of nitrogens with zero attached hydrogens (tertiary/aromatic N) is 1. The van der Waals surface area contributed by atoms with Crippen LogP contribution < -0.4 is 0 Å². The minimum atomic E-state index is 0.815. The van der Waals surface area contributed by atoms with E-state index >= 15 is 0 Å². The largest absolute Gasteiger partial charge is 0.383 e. The van der Waals surface area contributed by atoms with Crippen molar-refractivity contribution in [2.45, 2.75) is 13.1 Å². The molecular formula is C11H14BrNO.